The van der Waals surface area contributed by atoms with Crippen LogP contribution in [0.5, 0.6) is 0 Å². The normalized spacial score (nSPS) is 27.5. The predicted molar refractivity (Wildman–Crippen MR) is 103 cm³/mol. The lowest BCUT2D eigenvalue weighted by Gasteiger charge is -2.40. The lowest BCUT2D eigenvalue weighted by atomic mass is 9.78. The van der Waals surface area contributed by atoms with Crippen LogP contribution in [-0.4, -0.2) is 69.0 Å². The van der Waals surface area contributed by atoms with E-state index in [1.807, 2.05) is 4.90 Å². The van der Waals surface area contributed by atoms with Crippen LogP contribution >= 0.6 is 0 Å². The van der Waals surface area contributed by atoms with Crippen molar-refractivity contribution in [3.63, 3.8) is 0 Å². The van der Waals surface area contributed by atoms with E-state index in [4.69, 9.17) is 0 Å². The average molecular weight is 400 g/mol. The molecule has 3 fully saturated rings. The molecule has 1 unspecified atom stereocenters. The number of sulfonamides is 1. The van der Waals surface area contributed by atoms with Crippen LogP contribution in [0.2, 0.25) is 0 Å². The van der Waals surface area contributed by atoms with Crippen LogP contribution in [0.1, 0.15) is 57.8 Å². The third-order valence-corrected chi connectivity index (χ3v) is 7.22. The van der Waals surface area contributed by atoms with Gasteiger partial charge in [-0.15, -0.1) is 0 Å². The first-order valence-corrected chi connectivity index (χ1v) is 12.2. The standard InChI is InChI=1S/C19H33N3O4S/c1-27(25,26)20-14-17(23)22-13-10-19(15-22)9-5-11-21(18(19)24)12-8-16-6-3-2-4-7-16/h16,20H,2-15H2,1H3. The number of piperidine rings is 1. The van der Waals surface area contributed by atoms with Crippen LogP contribution in [0.25, 0.3) is 0 Å². The number of amides is 2. The zero-order valence-corrected chi connectivity index (χ0v) is 17.2. The van der Waals surface area contributed by atoms with E-state index in [2.05, 4.69) is 4.72 Å². The summed E-state index contributed by atoms with van der Waals surface area (Å²) >= 11 is 0. The van der Waals surface area contributed by atoms with E-state index >= 15 is 0 Å². The summed E-state index contributed by atoms with van der Waals surface area (Å²) in [6.07, 6.45) is 11.2. The summed E-state index contributed by atoms with van der Waals surface area (Å²) in [6.45, 7) is 2.41. The molecule has 0 aromatic carbocycles. The quantitative estimate of drug-likeness (QED) is 0.730. The van der Waals surface area contributed by atoms with Crippen LogP contribution in [-0.2, 0) is 19.6 Å². The van der Waals surface area contributed by atoms with Crippen LogP contribution in [0.15, 0.2) is 0 Å². The zero-order valence-electron chi connectivity index (χ0n) is 16.4. The van der Waals surface area contributed by atoms with Gasteiger partial charge >= 0.3 is 0 Å². The summed E-state index contributed by atoms with van der Waals surface area (Å²) in [6, 6.07) is 0. The number of hydrogen-bond acceptors (Lipinski definition) is 4. The van der Waals surface area contributed by atoms with E-state index in [1.54, 1.807) is 4.90 Å². The highest BCUT2D eigenvalue weighted by Crippen LogP contribution is 2.40. The van der Waals surface area contributed by atoms with Gasteiger partial charge in [-0.25, -0.2) is 13.1 Å². The molecule has 1 N–H and O–H groups in total. The van der Waals surface area contributed by atoms with Crippen LogP contribution in [0.3, 0.4) is 0 Å². The number of carbonyl (C=O) groups is 2. The molecule has 1 spiro atoms. The predicted octanol–water partition coefficient (Wildman–Crippen LogP) is 1.35. The molecular weight excluding hydrogens is 366 g/mol. The van der Waals surface area contributed by atoms with Gasteiger partial charge in [0.05, 0.1) is 18.2 Å². The average Bonchev–Trinajstić information content (AvgIpc) is 3.06. The van der Waals surface area contributed by atoms with Crippen LogP contribution in [0.4, 0.5) is 0 Å². The summed E-state index contributed by atoms with van der Waals surface area (Å²) in [4.78, 5) is 29.2. The Morgan fingerprint density at radius 3 is 2.59 bits per heavy atom. The molecule has 1 saturated carbocycles. The summed E-state index contributed by atoms with van der Waals surface area (Å²) in [5.41, 5.74) is -0.453. The SMILES string of the molecule is CS(=O)(=O)NCC(=O)N1CCC2(CCCN(CCC3CCCCC3)C2=O)C1. The number of hydrogen-bond donors (Lipinski definition) is 1. The number of nitrogens with one attached hydrogen (secondary N) is 1. The molecule has 2 amide bonds. The van der Waals surface area contributed by atoms with E-state index in [0.717, 1.165) is 44.5 Å². The van der Waals surface area contributed by atoms with Gasteiger partial charge in [-0.05, 0) is 31.6 Å². The molecule has 3 rings (SSSR count). The van der Waals surface area contributed by atoms with Gasteiger partial charge in [0.15, 0.2) is 0 Å². The van der Waals surface area contributed by atoms with Crippen LogP contribution in [0, 0.1) is 11.3 Å². The van der Waals surface area contributed by atoms with E-state index in [1.165, 1.54) is 32.1 Å². The Labute approximate surface area is 162 Å². The molecule has 0 bridgehead atoms. The van der Waals surface area contributed by atoms with Crippen molar-refractivity contribution in [3.8, 4) is 0 Å². The van der Waals surface area contributed by atoms with Crippen molar-refractivity contribution in [1.82, 2.24) is 14.5 Å². The van der Waals surface area contributed by atoms with Gasteiger partial charge in [-0.3, -0.25) is 9.59 Å². The topological polar surface area (TPSA) is 86.8 Å². The van der Waals surface area contributed by atoms with Gasteiger partial charge in [-0.1, -0.05) is 32.1 Å². The summed E-state index contributed by atoms with van der Waals surface area (Å²) in [5.74, 6) is 0.716. The highest BCUT2D eigenvalue weighted by atomic mass is 32.2. The molecule has 2 saturated heterocycles. The van der Waals surface area contributed by atoms with Crippen molar-refractivity contribution in [2.75, 3.05) is 39.0 Å². The third kappa shape index (κ3) is 5.22. The van der Waals surface area contributed by atoms with E-state index < -0.39 is 15.4 Å². The van der Waals surface area contributed by atoms with E-state index in [9.17, 15) is 18.0 Å². The summed E-state index contributed by atoms with van der Waals surface area (Å²) in [5, 5.41) is 0. The highest BCUT2D eigenvalue weighted by molar-refractivity contribution is 7.88. The Hall–Kier alpha value is -1.15. The van der Waals surface area contributed by atoms with Crippen molar-refractivity contribution in [2.45, 2.75) is 57.8 Å². The van der Waals surface area contributed by atoms with Crippen molar-refractivity contribution in [3.05, 3.63) is 0 Å². The Balaban J connectivity index is 1.54. The maximum absolute atomic E-state index is 13.2. The minimum Gasteiger partial charge on any atom is -0.342 e. The second-order valence-corrected chi connectivity index (χ2v) is 10.5. The summed E-state index contributed by atoms with van der Waals surface area (Å²) < 4.78 is 24.7. The van der Waals surface area contributed by atoms with Gasteiger partial charge in [-0.2, -0.15) is 0 Å². The fourth-order valence-electron chi connectivity index (χ4n) is 4.95. The molecule has 3 aliphatic rings. The van der Waals surface area contributed by atoms with Gasteiger partial charge in [0.2, 0.25) is 21.8 Å². The second-order valence-electron chi connectivity index (χ2n) is 8.63. The molecule has 1 atom stereocenters. The molecule has 0 aromatic rings. The molecule has 2 heterocycles. The Bertz CT molecular complexity index is 660. The number of carbonyl (C=O) groups excluding carboxylic acids is 2. The van der Waals surface area contributed by atoms with E-state index in [0.29, 0.717) is 19.5 Å². The van der Waals surface area contributed by atoms with Crippen LogP contribution < -0.4 is 4.72 Å². The van der Waals surface area contributed by atoms with Crippen molar-refractivity contribution in [1.29, 1.82) is 0 Å². The van der Waals surface area contributed by atoms with Gasteiger partial charge in [0.1, 0.15) is 0 Å². The third-order valence-electron chi connectivity index (χ3n) is 6.55. The first kappa shape index (κ1) is 20.6. The zero-order chi connectivity index (χ0) is 19.5. The smallest absolute Gasteiger partial charge is 0.237 e. The van der Waals surface area contributed by atoms with Crippen molar-refractivity contribution >= 4 is 21.8 Å². The number of likely N-dealkylation sites (tertiary alicyclic amines) is 2. The molecule has 27 heavy (non-hydrogen) atoms. The fraction of sp³-hybridized carbons (Fsp3) is 0.895. The fourth-order valence-corrected chi connectivity index (χ4v) is 5.33. The molecule has 0 aromatic heterocycles. The molecule has 2 aliphatic heterocycles. The maximum atomic E-state index is 13.2. The Kier molecular flexibility index (Phi) is 6.46. The first-order valence-electron chi connectivity index (χ1n) is 10.3. The Morgan fingerprint density at radius 1 is 1.15 bits per heavy atom. The summed E-state index contributed by atoms with van der Waals surface area (Å²) in [7, 11) is -3.39. The number of rotatable bonds is 6. The lowest BCUT2D eigenvalue weighted by Crippen LogP contribution is -2.51. The van der Waals surface area contributed by atoms with Crippen molar-refractivity contribution in [2.24, 2.45) is 11.3 Å². The minimum atomic E-state index is -3.39. The largest absolute Gasteiger partial charge is 0.342 e. The number of nitrogens with zero attached hydrogens (tertiary/aromatic N) is 2. The maximum Gasteiger partial charge on any atom is 0.237 e. The first-order chi connectivity index (χ1) is 12.8. The second kappa shape index (κ2) is 8.47. The Morgan fingerprint density at radius 2 is 1.89 bits per heavy atom. The molecule has 1 aliphatic carbocycles. The lowest BCUT2D eigenvalue weighted by molar-refractivity contribution is -0.146. The molecule has 154 valence electrons. The highest BCUT2D eigenvalue weighted by Gasteiger charge is 2.49. The monoisotopic (exact) mass is 399 g/mol. The van der Waals surface area contributed by atoms with Gasteiger partial charge in [0, 0.05) is 26.2 Å². The van der Waals surface area contributed by atoms with Gasteiger partial charge < -0.3 is 9.80 Å². The molecular formula is C19H33N3O4S. The molecule has 7 nitrogen and oxygen atoms in total. The minimum absolute atomic E-state index is 0.205. The molecule has 0 radical (unpaired) electrons. The van der Waals surface area contributed by atoms with Crippen molar-refractivity contribution < 1.29 is 18.0 Å². The van der Waals surface area contributed by atoms with E-state index in [-0.39, 0.29) is 18.4 Å². The van der Waals surface area contributed by atoms with Gasteiger partial charge in [0.25, 0.3) is 0 Å². The molecule has 8 heteroatoms.